The van der Waals surface area contributed by atoms with Crippen molar-refractivity contribution in [2.24, 2.45) is 0 Å². The van der Waals surface area contributed by atoms with E-state index in [1.807, 2.05) is 18.7 Å². The van der Waals surface area contributed by atoms with Crippen molar-refractivity contribution in [1.29, 1.82) is 0 Å². The van der Waals surface area contributed by atoms with Gasteiger partial charge in [0.15, 0.2) is 5.82 Å². The van der Waals surface area contributed by atoms with Crippen LogP contribution >= 0.6 is 0 Å². The van der Waals surface area contributed by atoms with E-state index in [4.69, 9.17) is 9.47 Å². The number of nitrogens with zero attached hydrogens (tertiary/aromatic N) is 3. The molecule has 0 saturated carbocycles. The molecule has 1 atom stereocenters. The van der Waals surface area contributed by atoms with Gasteiger partial charge in [0.25, 0.3) is 0 Å². The molecule has 1 aliphatic rings. The second-order valence-corrected chi connectivity index (χ2v) is 5.04. The molecule has 0 aliphatic carbocycles. The molecule has 1 aromatic heterocycles. The van der Waals surface area contributed by atoms with Crippen molar-refractivity contribution in [3.05, 3.63) is 18.2 Å². The zero-order valence-corrected chi connectivity index (χ0v) is 10.9. The Hall–Kier alpha value is -1.27. The van der Waals surface area contributed by atoms with Crippen LogP contribution in [0.3, 0.4) is 0 Å². The van der Waals surface area contributed by atoms with Crippen LogP contribution in [0.5, 0.6) is 0 Å². The Bertz CT molecular complexity index is 397. The molecule has 0 bridgehead atoms. The molecule has 5 nitrogen and oxygen atoms in total. The van der Waals surface area contributed by atoms with E-state index in [-0.39, 0.29) is 11.7 Å². The van der Waals surface area contributed by atoms with Gasteiger partial charge in [-0.1, -0.05) is 0 Å². The summed E-state index contributed by atoms with van der Waals surface area (Å²) in [5.41, 5.74) is -0.306. The molecule has 0 unspecified atom stereocenters. The number of aromatic nitrogens is 2. The van der Waals surface area contributed by atoms with Gasteiger partial charge in [-0.15, -0.1) is 0 Å². The van der Waals surface area contributed by atoms with Gasteiger partial charge >= 0.3 is 0 Å². The van der Waals surface area contributed by atoms with E-state index < -0.39 is 5.82 Å². The maximum Gasteiger partial charge on any atom is 0.225 e. The third-order valence-electron chi connectivity index (χ3n) is 2.72. The van der Waals surface area contributed by atoms with Crippen molar-refractivity contribution in [2.45, 2.75) is 25.6 Å². The number of anilines is 1. The van der Waals surface area contributed by atoms with Gasteiger partial charge in [0, 0.05) is 20.2 Å². The average molecular weight is 255 g/mol. The molecule has 1 fully saturated rings. The van der Waals surface area contributed by atoms with Crippen molar-refractivity contribution >= 4 is 5.95 Å². The number of halogens is 1. The van der Waals surface area contributed by atoms with Crippen LogP contribution in [0.15, 0.2) is 12.4 Å². The number of morpholine rings is 1. The lowest BCUT2D eigenvalue weighted by Gasteiger charge is -2.42. The van der Waals surface area contributed by atoms with Crippen molar-refractivity contribution in [2.75, 3.05) is 31.7 Å². The molecule has 18 heavy (non-hydrogen) atoms. The summed E-state index contributed by atoms with van der Waals surface area (Å²) in [5.74, 6) is 0.0913. The van der Waals surface area contributed by atoms with Gasteiger partial charge in [-0.25, -0.2) is 14.4 Å². The minimum atomic E-state index is -0.431. The highest BCUT2D eigenvalue weighted by Gasteiger charge is 2.34. The molecule has 2 rings (SSSR count). The second kappa shape index (κ2) is 5.16. The molecular weight excluding hydrogens is 237 g/mol. The highest BCUT2D eigenvalue weighted by molar-refractivity contribution is 5.30. The smallest absolute Gasteiger partial charge is 0.225 e. The Morgan fingerprint density at radius 2 is 2.17 bits per heavy atom. The average Bonchev–Trinajstić information content (AvgIpc) is 2.28. The third kappa shape index (κ3) is 3.14. The quantitative estimate of drug-likeness (QED) is 0.813. The summed E-state index contributed by atoms with van der Waals surface area (Å²) in [6.45, 7) is 5.83. The van der Waals surface area contributed by atoms with Crippen LogP contribution < -0.4 is 4.90 Å². The van der Waals surface area contributed by atoms with Crippen LogP contribution in [-0.4, -0.2) is 48.5 Å². The molecule has 0 amide bonds. The highest BCUT2D eigenvalue weighted by atomic mass is 19.1. The molecule has 0 radical (unpaired) electrons. The zero-order valence-electron chi connectivity index (χ0n) is 10.9. The summed E-state index contributed by atoms with van der Waals surface area (Å²) in [7, 11) is 1.64. The van der Waals surface area contributed by atoms with Crippen LogP contribution in [0.1, 0.15) is 13.8 Å². The SMILES string of the molecule is COC[C@H]1CN(c2ncc(F)cn2)CC(C)(C)O1. The first kappa shape index (κ1) is 13.2. The monoisotopic (exact) mass is 255 g/mol. The first-order valence-electron chi connectivity index (χ1n) is 5.89. The Balaban J connectivity index is 2.14. The number of methoxy groups -OCH3 is 1. The van der Waals surface area contributed by atoms with Crippen molar-refractivity contribution < 1.29 is 13.9 Å². The Morgan fingerprint density at radius 1 is 1.50 bits per heavy atom. The van der Waals surface area contributed by atoms with E-state index in [2.05, 4.69) is 9.97 Å². The molecule has 0 aromatic carbocycles. The van der Waals surface area contributed by atoms with Gasteiger partial charge in [0.05, 0.1) is 30.7 Å². The van der Waals surface area contributed by atoms with Gasteiger partial charge in [-0.05, 0) is 13.8 Å². The van der Waals surface area contributed by atoms with E-state index in [9.17, 15) is 4.39 Å². The number of hydrogen-bond donors (Lipinski definition) is 0. The second-order valence-electron chi connectivity index (χ2n) is 5.04. The summed E-state index contributed by atoms with van der Waals surface area (Å²) in [6, 6.07) is 0. The first-order valence-corrected chi connectivity index (χ1v) is 5.89. The summed E-state index contributed by atoms with van der Waals surface area (Å²) in [6.07, 6.45) is 2.32. The van der Waals surface area contributed by atoms with E-state index in [0.29, 0.717) is 25.6 Å². The summed E-state index contributed by atoms with van der Waals surface area (Å²) >= 11 is 0. The fourth-order valence-electron chi connectivity index (χ4n) is 2.19. The number of ether oxygens (including phenoxy) is 2. The van der Waals surface area contributed by atoms with Gasteiger partial charge in [-0.3, -0.25) is 0 Å². The van der Waals surface area contributed by atoms with E-state index in [1.165, 1.54) is 12.4 Å². The minimum absolute atomic E-state index is 0.0348. The van der Waals surface area contributed by atoms with Crippen LogP contribution in [0, 0.1) is 5.82 Å². The normalized spacial score (nSPS) is 23.1. The standard InChI is InChI=1S/C12H18FN3O2/c1-12(2)8-16(6-10(18-12)7-17-3)11-14-4-9(13)5-15-11/h4-5,10H,6-8H2,1-3H3/t10-/m1/s1. The van der Waals surface area contributed by atoms with Crippen molar-refractivity contribution in [3.63, 3.8) is 0 Å². The summed E-state index contributed by atoms with van der Waals surface area (Å²) in [5, 5.41) is 0. The van der Waals surface area contributed by atoms with Gasteiger partial charge in [-0.2, -0.15) is 0 Å². The molecule has 1 aromatic rings. The lowest BCUT2D eigenvalue weighted by atomic mass is 10.1. The fourth-order valence-corrected chi connectivity index (χ4v) is 2.19. The van der Waals surface area contributed by atoms with Crippen molar-refractivity contribution in [3.8, 4) is 0 Å². The molecule has 0 N–H and O–H groups in total. The maximum absolute atomic E-state index is 12.8. The lowest BCUT2D eigenvalue weighted by Crippen LogP contribution is -2.54. The summed E-state index contributed by atoms with van der Waals surface area (Å²) in [4.78, 5) is 10.0. The van der Waals surface area contributed by atoms with E-state index in [0.717, 1.165) is 0 Å². The zero-order chi connectivity index (χ0) is 13.2. The Labute approximate surface area is 106 Å². The minimum Gasteiger partial charge on any atom is -0.382 e. The molecule has 1 aliphatic heterocycles. The topological polar surface area (TPSA) is 47.5 Å². The number of rotatable bonds is 3. The molecular formula is C12H18FN3O2. The van der Waals surface area contributed by atoms with Crippen LogP contribution in [0.25, 0.3) is 0 Å². The van der Waals surface area contributed by atoms with Crippen LogP contribution in [-0.2, 0) is 9.47 Å². The largest absolute Gasteiger partial charge is 0.382 e. The first-order chi connectivity index (χ1) is 8.50. The van der Waals surface area contributed by atoms with E-state index >= 15 is 0 Å². The highest BCUT2D eigenvalue weighted by Crippen LogP contribution is 2.23. The van der Waals surface area contributed by atoms with Crippen LogP contribution in [0.4, 0.5) is 10.3 Å². The lowest BCUT2D eigenvalue weighted by molar-refractivity contribution is -0.106. The van der Waals surface area contributed by atoms with Gasteiger partial charge in [0.2, 0.25) is 5.95 Å². The molecule has 1 saturated heterocycles. The molecule has 0 spiro atoms. The molecule has 2 heterocycles. The maximum atomic E-state index is 12.8. The molecule has 100 valence electrons. The van der Waals surface area contributed by atoms with Gasteiger partial charge < -0.3 is 14.4 Å². The third-order valence-corrected chi connectivity index (χ3v) is 2.72. The summed E-state index contributed by atoms with van der Waals surface area (Å²) < 4.78 is 23.8. The Kier molecular flexibility index (Phi) is 3.77. The number of hydrogen-bond acceptors (Lipinski definition) is 5. The Morgan fingerprint density at radius 3 is 2.78 bits per heavy atom. The van der Waals surface area contributed by atoms with E-state index in [1.54, 1.807) is 7.11 Å². The van der Waals surface area contributed by atoms with Crippen molar-refractivity contribution in [1.82, 2.24) is 9.97 Å². The predicted octanol–water partition coefficient (Wildman–Crippen LogP) is 1.25. The fraction of sp³-hybridized carbons (Fsp3) is 0.667. The predicted molar refractivity (Wildman–Crippen MR) is 65.0 cm³/mol. The van der Waals surface area contributed by atoms with Gasteiger partial charge in [0.1, 0.15) is 0 Å². The van der Waals surface area contributed by atoms with Crippen LogP contribution in [0.2, 0.25) is 0 Å². The molecule has 6 heteroatoms.